The highest BCUT2D eigenvalue weighted by atomic mass is 16.1. The van der Waals surface area contributed by atoms with E-state index in [0.717, 1.165) is 38.8 Å². The molecule has 20 heavy (non-hydrogen) atoms. The van der Waals surface area contributed by atoms with Gasteiger partial charge in [0.2, 0.25) is 0 Å². The van der Waals surface area contributed by atoms with Gasteiger partial charge in [-0.15, -0.1) is 0 Å². The van der Waals surface area contributed by atoms with Crippen molar-refractivity contribution in [3.05, 3.63) is 47.5 Å². The SMILES string of the molecule is Cc1ccc2cc(CN3CCC(C=O)CC3)ccc2c1. The zero-order valence-electron chi connectivity index (χ0n) is 12.0. The summed E-state index contributed by atoms with van der Waals surface area (Å²) in [5, 5.41) is 2.63. The van der Waals surface area contributed by atoms with Crippen molar-refractivity contribution in [2.75, 3.05) is 13.1 Å². The van der Waals surface area contributed by atoms with Gasteiger partial charge in [-0.05, 0) is 55.3 Å². The van der Waals surface area contributed by atoms with Crippen LogP contribution in [0.15, 0.2) is 36.4 Å². The molecule has 0 spiro atoms. The number of rotatable bonds is 3. The van der Waals surface area contributed by atoms with Gasteiger partial charge in [0.05, 0.1) is 0 Å². The molecular formula is C18H21NO. The molecule has 0 amide bonds. The number of likely N-dealkylation sites (tertiary alicyclic amines) is 1. The molecule has 0 atom stereocenters. The van der Waals surface area contributed by atoms with Crippen molar-refractivity contribution < 1.29 is 4.79 Å². The van der Waals surface area contributed by atoms with Crippen molar-refractivity contribution in [2.24, 2.45) is 5.92 Å². The van der Waals surface area contributed by atoms with Crippen molar-refractivity contribution in [3.63, 3.8) is 0 Å². The number of aldehydes is 1. The molecule has 0 unspecified atom stereocenters. The second-order valence-corrected chi connectivity index (χ2v) is 5.93. The molecular weight excluding hydrogens is 246 g/mol. The predicted octanol–water partition coefficient (Wildman–Crippen LogP) is 3.56. The Morgan fingerprint density at radius 2 is 1.80 bits per heavy atom. The van der Waals surface area contributed by atoms with Crippen LogP contribution >= 0.6 is 0 Å². The Kier molecular flexibility index (Phi) is 3.83. The average molecular weight is 267 g/mol. The lowest BCUT2D eigenvalue weighted by Crippen LogP contribution is -2.33. The molecule has 1 aliphatic heterocycles. The lowest BCUT2D eigenvalue weighted by atomic mass is 9.98. The molecule has 0 aliphatic carbocycles. The molecule has 1 saturated heterocycles. The second-order valence-electron chi connectivity index (χ2n) is 5.93. The Labute approximate surface area is 120 Å². The van der Waals surface area contributed by atoms with Crippen molar-refractivity contribution in [2.45, 2.75) is 26.3 Å². The van der Waals surface area contributed by atoms with E-state index in [1.54, 1.807) is 0 Å². The van der Waals surface area contributed by atoms with Gasteiger partial charge in [0.15, 0.2) is 0 Å². The lowest BCUT2D eigenvalue weighted by molar-refractivity contribution is -0.112. The van der Waals surface area contributed by atoms with E-state index in [1.165, 1.54) is 21.9 Å². The number of carbonyl (C=O) groups is 1. The summed E-state index contributed by atoms with van der Waals surface area (Å²) in [6, 6.07) is 13.3. The molecule has 0 bridgehead atoms. The van der Waals surface area contributed by atoms with Crippen LogP contribution in [0.5, 0.6) is 0 Å². The van der Waals surface area contributed by atoms with E-state index in [1.807, 2.05) is 0 Å². The van der Waals surface area contributed by atoms with E-state index < -0.39 is 0 Å². The topological polar surface area (TPSA) is 20.3 Å². The number of nitrogens with zero attached hydrogens (tertiary/aromatic N) is 1. The van der Waals surface area contributed by atoms with Crippen molar-refractivity contribution in [3.8, 4) is 0 Å². The molecule has 0 saturated carbocycles. The fraction of sp³-hybridized carbons (Fsp3) is 0.389. The third-order valence-electron chi connectivity index (χ3n) is 4.29. The van der Waals surface area contributed by atoms with Crippen LogP contribution in [0.2, 0.25) is 0 Å². The third kappa shape index (κ3) is 2.91. The number of hydrogen-bond acceptors (Lipinski definition) is 2. The molecule has 0 N–H and O–H groups in total. The van der Waals surface area contributed by atoms with Crippen LogP contribution in [0.1, 0.15) is 24.0 Å². The van der Waals surface area contributed by atoms with Crippen molar-refractivity contribution >= 4 is 17.1 Å². The van der Waals surface area contributed by atoms with E-state index in [9.17, 15) is 4.79 Å². The maximum Gasteiger partial charge on any atom is 0.123 e. The Bertz CT molecular complexity index is 612. The Morgan fingerprint density at radius 3 is 2.55 bits per heavy atom. The highest BCUT2D eigenvalue weighted by Gasteiger charge is 2.18. The minimum absolute atomic E-state index is 0.283. The first-order valence-corrected chi connectivity index (χ1v) is 7.41. The van der Waals surface area contributed by atoms with Gasteiger partial charge < -0.3 is 4.79 Å². The van der Waals surface area contributed by atoms with Gasteiger partial charge in [-0.3, -0.25) is 4.90 Å². The normalized spacial score (nSPS) is 17.4. The summed E-state index contributed by atoms with van der Waals surface area (Å²) in [6.45, 7) is 5.20. The minimum Gasteiger partial charge on any atom is -0.303 e. The molecule has 1 aliphatic rings. The van der Waals surface area contributed by atoms with Gasteiger partial charge in [-0.1, -0.05) is 35.9 Å². The van der Waals surface area contributed by atoms with Crippen molar-refractivity contribution in [1.82, 2.24) is 4.90 Å². The molecule has 2 heteroatoms. The predicted molar refractivity (Wildman–Crippen MR) is 82.8 cm³/mol. The first kappa shape index (κ1) is 13.3. The molecule has 2 aromatic carbocycles. The van der Waals surface area contributed by atoms with Gasteiger partial charge in [0.1, 0.15) is 6.29 Å². The van der Waals surface area contributed by atoms with Crippen LogP contribution in [-0.4, -0.2) is 24.3 Å². The Hall–Kier alpha value is -1.67. The summed E-state index contributed by atoms with van der Waals surface area (Å²) in [7, 11) is 0. The maximum absolute atomic E-state index is 10.8. The van der Waals surface area contributed by atoms with Gasteiger partial charge in [0, 0.05) is 12.5 Å². The van der Waals surface area contributed by atoms with E-state index in [4.69, 9.17) is 0 Å². The summed E-state index contributed by atoms with van der Waals surface area (Å²) in [6.07, 6.45) is 3.14. The van der Waals surface area contributed by atoms with Crippen LogP contribution in [0.4, 0.5) is 0 Å². The number of carbonyl (C=O) groups excluding carboxylic acids is 1. The van der Waals surface area contributed by atoms with Crippen LogP contribution in [0.3, 0.4) is 0 Å². The molecule has 1 heterocycles. The highest BCUT2D eigenvalue weighted by molar-refractivity contribution is 5.83. The molecule has 0 radical (unpaired) electrons. The van der Waals surface area contributed by atoms with Gasteiger partial charge in [0.25, 0.3) is 0 Å². The highest BCUT2D eigenvalue weighted by Crippen LogP contribution is 2.21. The Balaban J connectivity index is 1.72. The Morgan fingerprint density at radius 1 is 1.10 bits per heavy atom. The molecule has 0 aromatic heterocycles. The zero-order chi connectivity index (χ0) is 13.9. The number of benzene rings is 2. The largest absolute Gasteiger partial charge is 0.303 e. The molecule has 3 rings (SSSR count). The average Bonchev–Trinajstić information content (AvgIpc) is 2.48. The number of fused-ring (bicyclic) bond motifs is 1. The third-order valence-corrected chi connectivity index (χ3v) is 4.29. The van der Waals surface area contributed by atoms with Gasteiger partial charge in [-0.2, -0.15) is 0 Å². The smallest absolute Gasteiger partial charge is 0.123 e. The molecule has 1 fully saturated rings. The fourth-order valence-electron chi connectivity index (χ4n) is 3.02. The van der Waals surface area contributed by atoms with Gasteiger partial charge >= 0.3 is 0 Å². The molecule has 2 nitrogen and oxygen atoms in total. The van der Waals surface area contributed by atoms with E-state index in [0.29, 0.717) is 0 Å². The minimum atomic E-state index is 0.283. The monoisotopic (exact) mass is 267 g/mol. The molecule has 2 aromatic rings. The van der Waals surface area contributed by atoms with Crippen molar-refractivity contribution in [1.29, 1.82) is 0 Å². The first-order chi connectivity index (χ1) is 9.74. The van der Waals surface area contributed by atoms with Gasteiger partial charge in [-0.25, -0.2) is 0 Å². The number of piperidine rings is 1. The quantitative estimate of drug-likeness (QED) is 0.793. The summed E-state index contributed by atoms with van der Waals surface area (Å²) in [5.74, 6) is 0.283. The number of hydrogen-bond donors (Lipinski definition) is 0. The molecule has 104 valence electrons. The second kappa shape index (κ2) is 5.76. The van der Waals surface area contributed by atoms with E-state index >= 15 is 0 Å². The summed E-state index contributed by atoms with van der Waals surface area (Å²) in [5.41, 5.74) is 2.67. The summed E-state index contributed by atoms with van der Waals surface area (Å²) < 4.78 is 0. The van der Waals surface area contributed by atoms with Crippen LogP contribution in [0.25, 0.3) is 10.8 Å². The fourth-order valence-corrected chi connectivity index (χ4v) is 3.02. The first-order valence-electron chi connectivity index (χ1n) is 7.41. The number of aryl methyl sites for hydroxylation is 1. The maximum atomic E-state index is 10.8. The zero-order valence-corrected chi connectivity index (χ0v) is 12.0. The van der Waals surface area contributed by atoms with Crippen LogP contribution < -0.4 is 0 Å². The van der Waals surface area contributed by atoms with Crippen LogP contribution in [-0.2, 0) is 11.3 Å². The van der Waals surface area contributed by atoms with E-state index in [-0.39, 0.29) is 5.92 Å². The summed E-state index contributed by atoms with van der Waals surface area (Å²) in [4.78, 5) is 13.2. The van der Waals surface area contributed by atoms with Crippen LogP contribution in [0, 0.1) is 12.8 Å². The lowest BCUT2D eigenvalue weighted by Gasteiger charge is -2.29. The summed E-state index contributed by atoms with van der Waals surface area (Å²) >= 11 is 0. The van der Waals surface area contributed by atoms with E-state index in [2.05, 4.69) is 48.2 Å². The standard InChI is InChI=1S/C18H21NO/c1-14-2-4-18-11-16(3-5-17(18)10-14)12-19-8-6-15(13-20)7-9-19/h2-5,10-11,13,15H,6-9,12H2,1H3.